The molecule has 0 rings (SSSR count). The second-order valence-corrected chi connectivity index (χ2v) is 4.23. The van der Waals surface area contributed by atoms with Gasteiger partial charge in [0.2, 0.25) is 0 Å². The number of ether oxygens (including phenoxy) is 2. The Labute approximate surface area is 76.1 Å². The van der Waals surface area contributed by atoms with Crippen LogP contribution >= 0.6 is 0 Å². The van der Waals surface area contributed by atoms with Crippen LogP contribution in [0.25, 0.3) is 0 Å². The van der Waals surface area contributed by atoms with Crippen LogP contribution in [0.15, 0.2) is 0 Å². The lowest BCUT2D eigenvalue weighted by Gasteiger charge is -2.01. The molecule has 76 valence electrons. The molecule has 1 unspecified atom stereocenters. The third-order valence-electron chi connectivity index (χ3n) is 1.07. The van der Waals surface area contributed by atoms with Crippen molar-refractivity contribution in [3.05, 3.63) is 0 Å². The summed E-state index contributed by atoms with van der Waals surface area (Å²) in [6.07, 6.45) is 0. The van der Waals surface area contributed by atoms with Crippen molar-refractivity contribution >= 4 is 27.0 Å². The Morgan fingerprint density at radius 2 is 1.92 bits per heavy atom. The maximum atomic E-state index is 11.2. The molecule has 0 aliphatic carbocycles. The predicted molar refractivity (Wildman–Crippen MR) is 47.3 cm³/mol. The summed E-state index contributed by atoms with van der Waals surface area (Å²) >= 11 is 0. The van der Waals surface area contributed by atoms with Crippen molar-refractivity contribution in [3.63, 3.8) is 0 Å². The lowest BCUT2D eigenvalue weighted by Crippen LogP contribution is -2.28. The minimum atomic E-state index is -3.13. The van der Waals surface area contributed by atoms with Gasteiger partial charge in [-0.05, 0) is 0 Å². The minimum absolute atomic E-state index is 0.529. The topological polar surface area (TPSA) is 95.7 Å². The molecule has 0 saturated carbocycles. The van der Waals surface area contributed by atoms with Gasteiger partial charge in [-0.2, -0.15) is 0 Å². The number of hydrogen-bond donors (Lipinski definition) is 1. The average molecular weight is 209 g/mol. The molecular formula is C6H11NO5S. The van der Waals surface area contributed by atoms with Gasteiger partial charge in [0, 0.05) is 9.71 Å². The van der Waals surface area contributed by atoms with Crippen LogP contribution in [0.4, 0.5) is 0 Å². The molecule has 0 aliphatic heterocycles. The second kappa shape index (κ2) is 4.83. The van der Waals surface area contributed by atoms with E-state index in [9.17, 15) is 13.8 Å². The minimum Gasteiger partial charge on any atom is -0.468 e. The molecule has 0 spiro atoms. The van der Waals surface area contributed by atoms with Crippen LogP contribution in [0, 0.1) is 0 Å². The molecule has 0 aromatic carbocycles. The Balaban J connectivity index is 4.57. The van der Waals surface area contributed by atoms with Gasteiger partial charge in [0.1, 0.15) is 5.75 Å². The van der Waals surface area contributed by atoms with Crippen LogP contribution in [0.1, 0.15) is 0 Å². The molecule has 0 fully saturated rings. The van der Waals surface area contributed by atoms with Gasteiger partial charge in [-0.1, -0.05) is 0 Å². The summed E-state index contributed by atoms with van der Waals surface area (Å²) in [5.74, 6) is -2.11. The Hall–Kier alpha value is -1.08. The summed E-state index contributed by atoms with van der Waals surface area (Å²) in [6, 6.07) is 0. The van der Waals surface area contributed by atoms with E-state index in [1.165, 1.54) is 0 Å². The Kier molecular flexibility index (Phi) is 4.43. The van der Waals surface area contributed by atoms with E-state index in [1.54, 1.807) is 0 Å². The Morgan fingerprint density at radius 1 is 1.38 bits per heavy atom. The number of carbonyl (C=O) groups excluding carboxylic acids is 2. The number of methoxy groups -OCH3 is 2. The van der Waals surface area contributed by atoms with Gasteiger partial charge in [-0.25, -0.2) is 4.79 Å². The molecule has 0 saturated heterocycles. The first-order chi connectivity index (χ1) is 5.91. The number of esters is 2. The molecule has 0 aromatic rings. The Bertz CT molecular complexity index is 315. The van der Waals surface area contributed by atoms with Gasteiger partial charge in [-0.15, -0.1) is 0 Å². The average Bonchev–Trinajstić information content (AvgIpc) is 2.02. The molecule has 2 N–H and O–H groups in total. The van der Waals surface area contributed by atoms with Crippen molar-refractivity contribution in [2.24, 2.45) is 5.14 Å². The molecule has 13 heavy (non-hydrogen) atoms. The van der Waals surface area contributed by atoms with Gasteiger partial charge in [-0.3, -0.25) is 14.1 Å². The van der Waals surface area contributed by atoms with Gasteiger partial charge in [0.15, 0.2) is 0 Å². The second-order valence-electron chi connectivity index (χ2n) is 2.14. The first-order valence-electron chi connectivity index (χ1n) is 3.20. The van der Waals surface area contributed by atoms with E-state index in [2.05, 4.69) is 9.47 Å². The van der Waals surface area contributed by atoms with Crippen LogP contribution in [0.5, 0.6) is 0 Å². The number of carbonyl (C=O) groups is 2. The normalized spacial score (nSPS) is 14.1. The SMILES string of the molecule is COC(=O)C=S(N)(=O)CC(=O)OC. The molecule has 0 bridgehead atoms. The van der Waals surface area contributed by atoms with Crippen molar-refractivity contribution in [2.75, 3.05) is 20.0 Å². The highest BCUT2D eigenvalue weighted by Gasteiger charge is 2.11. The van der Waals surface area contributed by atoms with Crippen molar-refractivity contribution in [2.45, 2.75) is 0 Å². The summed E-state index contributed by atoms with van der Waals surface area (Å²) in [4.78, 5) is 21.3. The highest BCUT2D eigenvalue weighted by atomic mass is 32.2. The third-order valence-corrected chi connectivity index (χ3v) is 2.35. The largest absolute Gasteiger partial charge is 0.468 e. The summed E-state index contributed by atoms with van der Waals surface area (Å²) in [5, 5.41) is 5.81. The van der Waals surface area contributed by atoms with E-state index in [0.29, 0.717) is 5.37 Å². The summed E-state index contributed by atoms with van der Waals surface area (Å²) in [7, 11) is -0.876. The van der Waals surface area contributed by atoms with Gasteiger partial charge >= 0.3 is 11.9 Å². The van der Waals surface area contributed by atoms with Gasteiger partial charge in [0.05, 0.1) is 19.6 Å². The Morgan fingerprint density at radius 3 is 2.31 bits per heavy atom. The molecule has 0 radical (unpaired) electrons. The van der Waals surface area contributed by atoms with E-state index in [-0.39, 0.29) is 0 Å². The fraction of sp³-hybridized carbons (Fsp3) is 0.500. The molecule has 0 amide bonds. The standard InChI is InChI=1S/C6H11NO5S/c1-11-5(8)3-13(7,10)4-6(9)12-2/h3H,4H2,1-2H3,(H2,7,10). The highest BCUT2D eigenvalue weighted by Crippen LogP contribution is 1.84. The molecule has 1 atom stereocenters. The van der Waals surface area contributed by atoms with E-state index in [1.807, 2.05) is 0 Å². The number of rotatable bonds is 3. The third kappa shape index (κ3) is 5.21. The molecule has 0 aromatic heterocycles. The highest BCUT2D eigenvalue weighted by molar-refractivity contribution is 8.00. The smallest absolute Gasteiger partial charge is 0.339 e. The maximum absolute atomic E-state index is 11.2. The van der Waals surface area contributed by atoms with Crippen LogP contribution < -0.4 is 5.14 Å². The summed E-state index contributed by atoms with van der Waals surface area (Å²) in [6.45, 7) is 0. The van der Waals surface area contributed by atoms with E-state index < -0.39 is 27.4 Å². The molecular weight excluding hydrogens is 198 g/mol. The first-order valence-corrected chi connectivity index (χ1v) is 5.06. The van der Waals surface area contributed by atoms with Gasteiger partial charge < -0.3 is 9.47 Å². The van der Waals surface area contributed by atoms with Crippen molar-refractivity contribution in [1.29, 1.82) is 0 Å². The predicted octanol–water partition coefficient (Wildman–Crippen LogP) is -1.71. The van der Waals surface area contributed by atoms with Crippen LogP contribution in [-0.2, 0) is 28.8 Å². The fourth-order valence-corrected chi connectivity index (χ4v) is 1.49. The summed E-state index contributed by atoms with van der Waals surface area (Å²) in [5.41, 5.74) is 0. The van der Waals surface area contributed by atoms with Crippen molar-refractivity contribution < 1.29 is 23.3 Å². The lowest BCUT2D eigenvalue weighted by molar-refractivity contribution is -0.137. The quantitative estimate of drug-likeness (QED) is 0.441. The first kappa shape index (κ1) is 11.9. The summed E-state index contributed by atoms with van der Waals surface area (Å²) < 4.78 is 19.7. The van der Waals surface area contributed by atoms with Crippen LogP contribution in [0.3, 0.4) is 0 Å². The number of hydrogen-bond acceptors (Lipinski definition) is 5. The zero-order valence-electron chi connectivity index (χ0n) is 7.31. The molecule has 6 nitrogen and oxygen atoms in total. The van der Waals surface area contributed by atoms with Crippen LogP contribution in [0.2, 0.25) is 0 Å². The van der Waals surface area contributed by atoms with E-state index in [0.717, 1.165) is 14.2 Å². The zero-order valence-corrected chi connectivity index (χ0v) is 8.13. The van der Waals surface area contributed by atoms with Gasteiger partial charge in [0.25, 0.3) is 0 Å². The lowest BCUT2D eigenvalue weighted by atomic mass is 10.8. The van der Waals surface area contributed by atoms with Crippen LogP contribution in [-0.4, -0.2) is 41.5 Å². The molecule has 7 heteroatoms. The zero-order chi connectivity index (χ0) is 10.5. The van der Waals surface area contributed by atoms with E-state index in [4.69, 9.17) is 5.14 Å². The van der Waals surface area contributed by atoms with Crippen molar-refractivity contribution in [1.82, 2.24) is 0 Å². The monoisotopic (exact) mass is 209 g/mol. The molecule has 0 aliphatic rings. The van der Waals surface area contributed by atoms with E-state index >= 15 is 0 Å². The fourth-order valence-electron chi connectivity index (χ4n) is 0.496. The van der Waals surface area contributed by atoms with Crippen molar-refractivity contribution in [3.8, 4) is 0 Å². The molecule has 0 heterocycles. The maximum Gasteiger partial charge on any atom is 0.339 e. The number of nitrogens with two attached hydrogens (primary N) is 1.